The Labute approximate surface area is 154 Å². The van der Waals surface area contributed by atoms with Crippen LogP contribution in [0.25, 0.3) is 0 Å². The van der Waals surface area contributed by atoms with E-state index < -0.39 is 0 Å². The summed E-state index contributed by atoms with van der Waals surface area (Å²) in [4.78, 5) is 19.4. The van der Waals surface area contributed by atoms with Gasteiger partial charge in [-0.3, -0.25) is 9.97 Å². The van der Waals surface area contributed by atoms with E-state index in [4.69, 9.17) is 9.68 Å². The normalized spacial score (nSPS) is 12.0. The number of hydrogen-bond acceptors (Lipinski definition) is 6. The molecule has 2 aromatic heterocycles. The molecule has 0 aliphatic heterocycles. The SMILES string of the molecule is C=C(CON=C(C)c1cccc(C)n1)CON=C(C)c1cccc(C)n1. The van der Waals surface area contributed by atoms with Crippen molar-refractivity contribution in [1.82, 2.24) is 9.97 Å². The van der Waals surface area contributed by atoms with Crippen molar-refractivity contribution >= 4 is 11.4 Å². The van der Waals surface area contributed by atoms with Gasteiger partial charge in [-0.1, -0.05) is 29.0 Å². The molecule has 136 valence electrons. The molecule has 0 atom stereocenters. The Kier molecular flexibility index (Phi) is 7.02. The van der Waals surface area contributed by atoms with Gasteiger partial charge in [0.1, 0.15) is 24.6 Å². The van der Waals surface area contributed by atoms with Crippen LogP contribution in [-0.4, -0.2) is 34.6 Å². The summed E-state index contributed by atoms with van der Waals surface area (Å²) in [7, 11) is 0. The minimum atomic E-state index is 0.250. The molecule has 0 fully saturated rings. The Morgan fingerprint density at radius 1 is 0.846 bits per heavy atom. The number of hydrogen-bond donors (Lipinski definition) is 0. The van der Waals surface area contributed by atoms with Gasteiger partial charge in [0, 0.05) is 17.0 Å². The fourth-order valence-electron chi connectivity index (χ4n) is 2.07. The average molecular weight is 352 g/mol. The van der Waals surface area contributed by atoms with Gasteiger partial charge in [0.05, 0.1) is 11.4 Å². The van der Waals surface area contributed by atoms with Gasteiger partial charge in [0.25, 0.3) is 0 Å². The summed E-state index contributed by atoms with van der Waals surface area (Å²) in [6.07, 6.45) is 0. The van der Waals surface area contributed by atoms with Crippen LogP contribution in [0.15, 0.2) is 58.9 Å². The van der Waals surface area contributed by atoms with E-state index in [1.54, 1.807) is 0 Å². The molecule has 0 aliphatic rings. The van der Waals surface area contributed by atoms with Crippen LogP contribution in [0.5, 0.6) is 0 Å². The first-order valence-electron chi connectivity index (χ1n) is 8.33. The quantitative estimate of drug-likeness (QED) is 0.411. The fourth-order valence-corrected chi connectivity index (χ4v) is 2.07. The zero-order valence-corrected chi connectivity index (χ0v) is 15.7. The Morgan fingerprint density at radius 3 is 1.65 bits per heavy atom. The lowest BCUT2D eigenvalue weighted by Crippen LogP contribution is -2.05. The van der Waals surface area contributed by atoms with Crippen LogP contribution >= 0.6 is 0 Å². The molecule has 0 unspecified atom stereocenters. The molecule has 2 heterocycles. The highest BCUT2D eigenvalue weighted by molar-refractivity contribution is 5.96. The molecule has 26 heavy (non-hydrogen) atoms. The van der Waals surface area contributed by atoms with E-state index >= 15 is 0 Å². The summed E-state index contributed by atoms with van der Waals surface area (Å²) in [5.74, 6) is 0. The first-order chi connectivity index (χ1) is 12.5. The molecular formula is C20H24N4O2. The highest BCUT2D eigenvalue weighted by Crippen LogP contribution is 2.03. The summed E-state index contributed by atoms with van der Waals surface area (Å²) < 4.78 is 0. The number of rotatable bonds is 8. The molecule has 6 nitrogen and oxygen atoms in total. The number of pyridine rings is 2. The van der Waals surface area contributed by atoms with Crippen LogP contribution < -0.4 is 0 Å². The lowest BCUT2D eigenvalue weighted by Gasteiger charge is -2.06. The second-order valence-electron chi connectivity index (χ2n) is 5.98. The second kappa shape index (κ2) is 9.46. The molecule has 2 rings (SSSR count). The number of oxime groups is 2. The maximum absolute atomic E-state index is 5.32. The molecule has 0 aromatic carbocycles. The average Bonchev–Trinajstić information content (AvgIpc) is 2.61. The molecule has 0 N–H and O–H groups in total. The van der Waals surface area contributed by atoms with Crippen molar-refractivity contribution in [3.05, 3.63) is 71.3 Å². The van der Waals surface area contributed by atoms with Gasteiger partial charge in [-0.2, -0.15) is 0 Å². The van der Waals surface area contributed by atoms with E-state index in [9.17, 15) is 0 Å². The van der Waals surface area contributed by atoms with E-state index in [1.165, 1.54) is 0 Å². The van der Waals surface area contributed by atoms with Gasteiger partial charge in [-0.15, -0.1) is 0 Å². The van der Waals surface area contributed by atoms with Crippen molar-refractivity contribution in [2.75, 3.05) is 13.2 Å². The Hall–Kier alpha value is -3.02. The van der Waals surface area contributed by atoms with Gasteiger partial charge in [0.15, 0.2) is 0 Å². The summed E-state index contributed by atoms with van der Waals surface area (Å²) in [5, 5.41) is 8.14. The van der Waals surface area contributed by atoms with Crippen molar-refractivity contribution in [3.8, 4) is 0 Å². The van der Waals surface area contributed by atoms with Gasteiger partial charge in [-0.25, -0.2) is 0 Å². The van der Waals surface area contributed by atoms with Crippen LogP contribution in [0, 0.1) is 13.8 Å². The largest absolute Gasteiger partial charge is 0.391 e. The monoisotopic (exact) mass is 352 g/mol. The maximum Gasteiger partial charge on any atom is 0.141 e. The van der Waals surface area contributed by atoms with E-state index in [-0.39, 0.29) is 13.2 Å². The molecule has 0 bridgehead atoms. The smallest absolute Gasteiger partial charge is 0.141 e. The minimum absolute atomic E-state index is 0.250. The standard InChI is InChI=1S/C20H24N4O2/c1-14(12-25-23-17(4)19-10-6-8-15(2)21-19)13-26-24-18(5)20-11-7-9-16(3)22-20/h6-11H,1,12-13H2,2-5H3. The van der Waals surface area contributed by atoms with Crippen molar-refractivity contribution in [2.24, 2.45) is 10.3 Å². The minimum Gasteiger partial charge on any atom is -0.391 e. The Morgan fingerprint density at radius 2 is 1.27 bits per heavy atom. The van der Waals surface area contributed by atoms with Crippen LogP contribution in [0.1, 0.15) is 36.6 Å². The predicted molar refractivity (Wildman–Crippen MR) is 103 cm³/mol. The summed E-state index contributed by atoms with van der Waals surface area (Å²) in [5.41, 5.74) is 5.60. The third kappa shape index (κ3) is 6.12. The fraction of sp³-hybridized carbons (Fsp3) is 0.300. The molecule has 0 aliphatic carbocycles. The van der Waals surface area contributed by atoms with E-state index in [2.05, 4.69) is 26.9 Å². The van der Waals surface area contributed by atoms with E-state index in [1.807, 2.05) is 64.1 Å². The first-order valence-corrected chi connectivity index (χ1v) is 8.33. The summed E-state index contributed by atoms with van der Waals surface area (Å²) in [6.45, 7) is 12.0. The Balaban J connectivity index is 1.78. The van der Waals surface area contributed by atoms with E-state index in [0.717, 1.165) is 28.3 Å². The highest BCUT2D eigenvalue weighted by atomic mass is 16.6. The Bertz CT molecular complexity index is 761. The van der Waals surface area contributed by atoms with Crippen molar-refractivity contribution in [1.29, 1.82) is 0 Å². The van der Waals surface area contributed by atoms with Gasteiger partial charge in [-0.05, 0) is 52.0 Å². The molecule has 6 heteroatoms. The third-order valence-electron chi connectivity index (χ3n) is 3.46. The molecule has 0 amide bonds. The van der Waals surface area contributed by atoms with Crippen molar-refractivity contribution in [2.45, 2.75) is 27.7 Å². The zero-order chi connectivity index (χ0) is 18.9. The molecule has 0 saturated heterocycles. The zero-order valence-electron chi connectivity index (χ0n) is 15.7. The predicted octanol–water partition coefficient (Wildman–Crippen LogP) is 3.83. The molecule has 0 radical (unpaired) electrons. The first kappa shape index (κ1) is 19.3. The summed E-state index contributed by atoms with van der Waals surface area (Å²) >= 11 is 0. The van der Waals surface area contributed by atoms with E-state index in [0.29, 0.717) is 11.4 Å². The molecule has 0 spiro atoms. The highest BCUT2D eigenvalue weighted by Gasteiger charge is 2.02. The second-order valence-corrected chi connectivity index (χ2v) is 5.98. The molecule has 2 aromatic rings. The van der Waals surface area contributed by atoms with Crippen LogP contribution in [0.3, 0.4) is 0 Å². The topological polar surface area (TPSA) is 69.0 Å². The lowest BCUT2D eigenvalue weighted by atomic mass is 10.2. The van der Waals surface area contributed by atoms with Gasteiger partial charge < -0.3 is 9.68 Å². The number of nitrogens with zero attached hydrogens (tertiary/aromatic N) is 4. The van der Waals surface area contributed by atoms with Crippen molar-refractivity contribution < 1.29 is 9.68 Å². The number of aromatic nitrogens is 2. The van der Waals surface area contributed by atoms with Gasteiger partial charge in [0.2, 0.25) is 0 Å². The molecular weight excluding hydrogens is 328 g/mol. The van der Waals surface area contributed by atoms with Crippen LogP contribution in [0.2, 0.25) is 0 Å². The molecule has 0 saturated carbocycles. The van der Waals surface area contributed by atoms with Crippen LogP contribution in [0.4, 0.5) is 0 Å². The van der Waals surface area contributed by atoms with Crippen LogP contribution in [-0.2, 0) is 9.68 Å². The van der Waals surface area contributed by atoms with Gasteiger partial charge >= 0.3 is 0 Å². The number of aryl methyl sites for hydroxylation is 2. The third-order valence-corrected chi connectivity index (χ3v) is 3.46. The lowest BCUT2D eigenvalue weighted by molar-refractivity contribution is 0.128. The summed E-state index contributed by atoms with van der Waals surface area (Å²) in [6, 6.07) is 11.5. The maximum atomic E-state index is 5.32. The van der Waals surface area contributed by atoms with Crippen molar-refractivity contribution in [3.63, 3.8) is 0 Å².